The fourth-order valence-corrected chi connectivity index (χ4v) is 2.07. The number of rotatable bonds is 5. The highest BCUT2D eigenvalue weighted by molar-refractivity contribution is 6.00. The summed E-state index contributed by atoms with van der Waals surface area (Å²) in [4.78, 5) is 16.4. The predicted octanol–water partition coefficient (Wildman–Crippen LogP) is 0.992. The molecule has 0 bridgehead atoms. The Balaban J connectivity index is 1.67. The highest BCUT2D eigenvalue weighted by atomic mass is 16.1. The van der Waals surface area contributed by atoms with Gasteiger partial charge in [-0.3, -0.25) is 9.79 Å². The maximum absolute atomic E-state index is 12.1. The van der Waals surface area contributed by atoms with Crippen molar-refractivity contribution >= 4 is 17.4 Å². The van der Waals surface area contributed by atoms with Crippen molar-refractivity contribution in [2.45, 2.75) is 18.9 Å². The zero-order chi connectivity index (χ0) is 13.1. The minimum absolute atomic E-state index is 0.00641. The number of nitrogens with zero attached hydrogens (tertiary/aromatic N) is 1. The number of hydrogen-bond donors (Lipinski definition) is 3. The number of para-hydroxylation sites is 1. The van der Waals surface area contributed by atoms with Gasteiger partial charge in [0.05, 0.1) is 18.7 Å². The van der Waals surface area contributed by atoms with Gasteiger partial charge in [-0.1, -0.05) is 12.1 Å². The molecule has 3 N–H and O–H groups in total. The summed E-state index contributed by atoms with van der Waals surface area (Å²) in [5, 5.41) is 9.49. The second kappa shape index (κ2) is 5.30. The molecule has 1 amide bonds. The molecule has 100 valence electrons. The van der Waals surface area contributed by atoms with Crippen LogP contribution in [-0.2, 0) is 0 Å². The number of benzene rings is 1. The molecule has 19 heavy (non-hydrogen) atoms. The van der Waals surface area contributed by atoms with E-state index in [0.717, 1.165) is 37.5 Å². The van der Waals surface area contributed by atoms with Crippen LogP contribution in [0.2, 0.25) is 0 Å². The Bertz CT molecular complexity index is 508. The van der Waals surface area contributed by atoms with Crippen molar-refractivity contribution < 1.29 is 4.79 Å². The van der Waals surface area contributed by atoms with E-state index < -0.39 is 0 Å². The molecule has 0 unspecified atom stereocenters. The number of aliphatic imine (C=N–C) groups is 1. The summed E-state index contributed by atoms with van der Waals surface area (Å²) in [7, 11) is 0. The lowest BCUT2D eigenvalue weighted by atomic mass is 10.1. The first kappa shape index (κ1) is 12.0. The number of amides is 1. The lowest BCUT2D eigenvalue weighted by molar-refractivity contribution is 0.0952. The van der Waals surface area contributed by atoms with Crippen molar-refractivity contribution in [2.75, 3.05) is 25.0 Å². The van der Waals surface area contributed by atoms with Crippen LogP contribution in [0.25, 0.3) is 0 Å². The van der Waals surface area contributed by atoms with Gasteiger partial charge in [0.2, 0.25) is 0 Å². The highest BCUT2D eigenvalue weighted by Gasteiger charge is 2.24. The second-order valence-electron chi connectivity index (χ2n) is 4.90. The Morgan fingerprint density at radius 3 is 2.95 bits per heavy atom. The van der Waals surface area contributed by atoms with E-state index in [4.69, 9.17) is 0 Å². The number of nitrogens with one attached hydrogen (secondary N) is 3. The summed E-state index contributed by atoms with van der Waals surface area (Å²) in [6, 6.07) is 7.97. The van der Waals surface area contributed by atoms with E-state index in [1.54, 1.807) is 0 Å². The van der Waals surface area contributed by atoms with Gasteiger partial charge in [-0.05, 0) is 25.0 Å². The van der Waals surface area contributed by atoms with E-state index in [1.807, 2.05) is 24.3 Å². The summed E-state index contributed by atoms with van der Waals surface area (Å²) in [5.74, 6) is 0.962. The topological polar surface area (TPSA) is 65.5 Å². The minimum Gasteiger partial charge on any atom is -0.377 e. The fraction of sp³-hybridized carbons (Fsp3) is 0.429. The van der Waals surface area contributed by atoms with Crippen LogP contribution in [0.4, 0.5) is 5.69 Å². The third-order valence-electron chi connectivity index (χ3n) is 3.27. The normalized spacial score (nSPS) is 17.6. The number of amidine groups is 1. The largest absolute Gasteiger partial charge is 0.377 e. The summed E-state index contributed by atoms with van der Waals surface area (Å²) in [5.41, 5.74) is 1.56. The molecular weight excluding hydrogens is 240 g/mol. The molecule has 5 heteroatoms. The molecule has 3 rings (SSSR count). The van der Waals surface area contributed by atoms with Gasteiger partial charge in [0.1, 0.15) is 5.84 Å². The molecule has 1 aliphatic heterocycles. The van der Waals surface area contributed by atoms with E-state index in [0.29, 0.717) is 18.2 Å². The van der Waals surface area contributed by atoms with Crippen molar-refractivity contribution in [3.05, 3.63) is 29.8 Å². The third-order valence-corrected chi connectivity index (χ3v) is 3.27. The van der Waals surface area contributed by atoms with Gasteiger partial charge in [-0.25, -0.2) is 0 Å². The van der Waals surface area contributed by atoms with Crippen LogP contribution in [0.1, 0.15) is 23.2 Å². The maximum atomic E-state index is 12.1. The minimum atomic E-state index is 0.00641. The first-order valence-corrected chi connectivity index (χ1v) is 6.74. The van der Waals surface area contributed by atoms with E-state index in [1.165, 1.54) is 0 Å². The molecule has 1 aromatic carbocycles. The van der Waals surface area contributed by atoms with Crippen LogP contribution in [0, 0.1) is 0 Å². The fourth-order valence-electron chi connectivity index (χ4n) is 2.07. The first-order valence-electron chi connectivity index (χ1n) is 6.74. The number of anilines is 1. The van der Waals surface area contributed by atoms with Crippen molar-refractivity contribution in [2.24, 2.45) is 4.99 Å². The molecule has 5 nitrogen and oxygen atoms in total. The van der Waals surface area contributed by atoms with Crippen LogP contribution in [-0.4, -0.2) is 37.4 Å². The quantitative estimate of drug-likeness (QED) is 0.738. The van der Waals surface area contributed by atoms with E-state index in [-0.39, 0.29) is 5.91 Å². The van der Waals surface area contributed by atoms with Gasteiger partial charge in [-0.2, -0.15) is 0 Å². The standard InChI is InChI=1S/C14H18N4O/c19-14(18-10-5-6-10)11-3-1-2-4-12(11)17-9-13-15-7-8-16-13/h1-4,10,17H,5-9H2,(H,15,16)(H,18,19). The summed E-state index contributed by atoms with van der Waals surface area (Å²) < 4.78 is 0. The summed E-state index contributed by atoms with van der Waals surface area (Å²) in [6.07, 6.45) is 2.20. The molecule has 0 spiro atoms. The van der Waals surface area contributed by atoms with E-state index >= 15 is 0 Å². The maximum Gasteiger partial charge on any atom is 0.253 e. The molecule has 2 aliphatic rings. The molecule has 0 radical (unpaired) electrons. The number of carbonyl (C=O) groups excluding carboxylic acids is 1. The zero-order valence-electron chi connectivity index (χ0n) is 10.8. The van der Waals surface area contributed by atoms with Crippen molar-refractivity contribution in [3.8, 4) is 0 Å². The number of carbonyl (C=O) groups is 1. The molecule has 0 saturated heterocycles. The molecule has 1 saturated carbocycles. The highest BCUT2D eigenvalue weighted by Crippen LogP contribution is 2.21. The van der Waals surface area contributed by atoms with Gasteiger partial charge in [0.15, 0.2) is 0 Å². The Kier molecular flexibility index (Phi) is 3.35. The molecular formula is C14H18N4O. The van der Waals surface area contributed by atoms with E-state index in [2.05, 4.69) is 20.9 Å². The SMILES string of the molecule is O=C(NC1CC1)c1ccccc1NCC1=NCCN1. The van der Waals surface area contributed by atoms with Crippen LogP contribution >= 0.6 is 0 Å². The van der Waals surface area contributed by atoms with Crippen molar-refractivity contribution in [1.29, 1.82) is 0 Å². The number of hydrogen-bond acceptors (Lipinski definition) is 4. The smallest absolute Gasteiger partial charge is 0.253 e. The molecule has 1 aromatic rings. The second-order valence-corrected chi connectivity index (χ2v) is 4.90. The Hall–Kier alpha value is -2.04. The van der Waals surface area contributed by atoms with E-state index in [9.17, 15) is 4.79 Å². The van der Waals surface area contributed by atoms with Gasteiger partial charge >= 0.3 is 0 Å². The van der Waals surface area contributed by atoms with Crippen LogP contribution in [0.3, 0.4) is 0 Å². The van der Waals surface area contributed by atoms with Crippen LogP contribution in [0.5, 0.6) is 0 Å². The Labute approximate surface area is 112 Å². The van der Waals surface area contributed by atoms with Crippen LogP contribution < -0.4 is 16.0 Å². The molecule has 0 aromatic heterocycles. The molecule has 1 heterocycles. The predicted molar refractivity (Wildman–Crippen MR) is 75.7 cm³/mol. The van der Waals surface area contributed by atoms with Gasteiger partial charge < -0.3 is 16.0 Å². The monoisotopic (exact) mass is 258 g/mol. The zero-order valence-corrected chi connectivity index (χ0v) is 10.8. The first-order chi connectivity index (χ1) is 9.33. The third kappa shape index (κ3) is 3.05. The average Bonchev–Trinajstić information content (AvgIpc) is 3.09. The summed E-state index contributed by atoms with van der Waals surface area (Å²) in [6.45, 7) is 2.37. The Morgan fingerprint density at radius 2 is 2.21 bits per heavy atom. The van der Waals surface area contributed by atoms with Gasteiger partial charge in [0, 0.05) is 18.3 Å². The lowest BCUT2D eigenvalue weighted by Crippen LogP contribution is -2.29. The molecule has 1 fully saturated rings. The van der Waals surface area contributed by atoms with Crippen molar-refractivity contribution in [3.63, 3.8) is 0 Å². The van der Waals surface area contributed by atoms with Crippen LogP contribution in [0.15, 0.2) is 29.3 Å². The van der Waals surface area contributed by atoms with Crippen molar-refractivity contribution in [1.82, 2.24) is 10.6 Å². The van der Waals surface area contributed by atoms with Gasteiger partial charge in [0.25, 0.3) is 5.91 Å². The molecule has 1 aliphatic carbocycles. The Morgan fingerprint density at radius 1 is 1.37 bits per heavy atom. The average molecular weight is 258 g/mol. The summed E-state index contributed by atoms with van der Waals surface area (Å²) >= 11 is 0. The molecule has 0 atom stereocenters. The lowest BCUT2D eigenvalue weighted by Gasteiger charge is -2.12. The van der Waals surface area contributed by atoms with Gasteiger partial charge in [-0.15, -0.1) is 0 Å².